The molecule has 0 saturated carbocycles. The van der Waals surface area contributed by atoms with Gasteiger partial charge in [-0.15, -0.1) is 5.10 Å². The fourth-order valence-corrected chi connectivity index (χ4v) is 3.18. The minimum Gasteiger partial charge on any atom is -0.376 e. The Morgan fingerprint density at radius 2 is 2.04 bits per heavy atom. The van der Waals surface area contributed by atoms with E-state index in [0.717, 1.165) is 37.1 Å². The van der Waals surface area contributed by atoms with E-state index in [0.29, 0.717) is 17.5 Å². The number of hydrogen-bond donors (Lipinski definition) is 0. The molecule has 1 atom stereocenters. The van der Waals surface area contributed by atoms with Crippen LogP contribution < -0.4 is 0 Å². The highest BCUT2D eigenvalue weighted by atomic mass is 32.2. The number of thioether (sulfide) groups is 1. The van der Waals surface area contributed by atoms with E-state index in [1.807, 2.05) is 0 Å². The average molecular weight is 344 g/mol. The summed E-state index contributed by atoms with van der Waals surface area (Å²) in [6.45, 7) is 1.36. The molecular weight excluding hydrogens is 329 g/mol. The standard InChI is InChI=1S/C14H15F3N4OS/c15-14(16,17)11-5-3-10(4-6-11)9-23-13-18-19-20-21(13)8-12-2-1-7-22-12/h3-6,12H,1-2,7-9H2. The van der Waals surface area contributed by atoms with E-state index in [9.17, 15) is 13.2 Å². The van der Waals surface area contributed by atoms with Crippen molar-refractivity contribution in [2.24, 2.45) is 0 Å². The van der Waals surface area contributed by atoms with Crippen LogP contribution in [0.3, 0.4) is 0 Å². The smallest absolute Gasteiger partial charge is 0.376 e. The molecule has 1 aliphatic heterocycles. The Morgan fingerprint density at radius 1 is 1.26 bits per heavy atom. The van der Waals surface area contributed by atoms with Crippen molar-refractivity contribution in [3.8, 4) is 0 Å². The number of nitrogens with zero attached hydrogens (tertiary/aromatic N) is 4. The van der Waals surface area contributed by atoms with Crippen LogP contribution in [0, 0.1) is 0 Å². The van der Waals surface area contributed by atoms with E-state index in [4.69, 9.17) is 4.74 Å². The van der Waals surface area contributed by atoms with Crippen LogP contribution in [-0.4, -0.2) is 32.9 Å². The third-order valence-corrected chi connectivity index (χ3v) is 4.58. The average Bonchev–Trinajstić information content (AvgIpc) is 3.17. The zero-order valence-corrected chi connectivity index (χ0v) is 13.0. The number of alkyl halides is 3. The predicted molar refractivity (Wildman–Crippen MR) is 77.8 cm³/mol. The highest BCUT2D eigenvalue weighted by Gasteiger charge is 2.29. The Balaban J connectivity index is 1.59. The minimum absolute atomic E-state index is 0.129. The Hall–Kier alpha value is -1.61. The highest BCUT2D eigenvalue weighted by molar-refractivity contribution is 7.98. The SMILES string of the molecule is FC(F)(F)c1ccc(CSc2nnnn2CC2CCCO2)cc1. The lowest BCUT2D eigenvalue weighted by Crippen LogP contribution is -2.16. The fraction of sp³-hybridized carbons (Fsp3) is 0.500. The summed E-state index contributed by atoms with van der Waals surface area (Å²) in [5.41, 5.74) is 0.143. The second kappa shape index (κ2) is 6.88. The van der Waals surface area contributed by atoms with Crippen LogP contribution in [0.4, 0.5) is 13.2 Å². The molecule has 1 aromatic carbocycles. The molecule has 1 saturated heterocycles. The van der Waals surface area contributed by atoms with Crippen molar-refractivity contribution >= 4 is 11.8 Å². The summed E-state index contributed by atoms with van der Waals surface area (Å²) in [6, 6.07) is 5.13. The van der Waals surface area contributed by atoms with Gasteiger partial charge < -0.3 is 4.74 Å². The van der Waals surface area contributed by atoms with Crippen molar-refractivity contribution < 1.29 is 17.9 Å². The molecule has 0 radical (unpaired) electrons. The number of aromatic nitrogens is 4. The van der Waals surface area contributed by atoms with Crippen LogP contribution in [0.1, 0.15) is 24.0 Å². The van der Waals surface area contributed by atoms with E-state index >= 15 is 0 Å². The molecule has 1 unspecified atom stereocenters. The predicted octanol–water partition coefficient (Wildman–Crippen LogP) is 3.16. The van der Waals surface area contributed by atoms with Gasteiger partial charge in [0.1, 0.15) is 0 Å². The van der Waals surface area contributed by atoms with Gasteiger partial charge in [-0.05, 0) is 41.0 Å². The summed E-state index contributed by atoms with van der Waals surface area (Å²) < 4.78 is 44.8. The molecule has 124 valence electrons. The van der Waals surface area contributed by atoms with E-state index in [1.165, 1.54) is 23.9 Å². The fourth-order valence-electron chi connectivity index (χ4n) is 2.33. The first-order valence-electron chi connectivity index (χ1n) is 7.19. The van der Waals surface area contributed by atoms with Crippen molar-refractivity contribution in [3.63, 3.8) is 0 Å². The van der Waals surface area contributed by atoms with Crippen molar-refractivity contribution in [2.45, 2.75) is 42.6 Å². The van der Waals surface area contributed by atoms with E-state index < -0.39 is 11.7 Å². The highest BCUT2D eigenvalue weighted by Crippen LogP contribution is 2.30. The van der Waals surface area contributed by atoms with Crippen LogP contribution in [0.15, 0.2) is 29.4 Å². The topological polar surface area (TPSA) is 52.8 Å². The van der Waals surface area contributed by atoms with Gasteiger partial charge in [0.25, 0.3) is 0 Å². The summed E-state index contributed by atoms with van der Waals surface area (Å²) >= 11 is 1.39. The largest absolute Gasteiger partial charge is 0.416 e. The molecular formula is C14H15F3N4OS. The van der Waals surface area contributed by atoms with E-state index in [-0.39, 0.29) is 6.10 Å². The number of tetrazole rings is 1. The summed E-state index contributed by atoms with van der Waals surface area (Å²) in [5, 5.41) is 12.2. The first-order chi connectivity index (χ1) is 11.0. The lowest BCUT2D eigenvalue weighted by atomic mass is 10.1. The van der Waals surface area contributed by atoms with Crippen molar-refractivity contribution in [3.05, 3.63) is 35.4 Å². The van der Waals surface area contributed by atoms with Gasteiger partial charge in [-0.1, -0.05) is 23.9 Å². The maximum atomic E-state index is 12.5. The second-order valence-corrected chi connectivity index (χ2v) is 6.20. The Bertz CT molecular complexity index is 638. The molecule has 9 heteroatoms. The number of halogens is 3. The molecule has 1 aromatic heterocycles. The van der Waals surface area contributed by atoms with Gasteiger partial charge in [0.05, 0.1) is 18.2 Å². The normalized spacial score (nSPS) is 18.5. The molecule has 0 aliphatic carbocycles. The first kappa shape index (κ1) is 16.3. The van der Waals surface area contributed by atoms with Crippen LogP contribution in [0.25, 0.3) is 0 Å². The molecule has 23 heavy (non-hydrogen) atoms. The van der Waals surface area contributed by atoms with Crippen molar-refractivity contribution in [1.29, 1.82) is 0 Å². The van der Waals surface area contributed by atoms with E-state index in [1.54, 1.807) is 4.68 Å². The molecule has 0 amide bonds. The Labute approximate surface area is 135 Å². The summed E-state index contributed by atoms with van der Waals surface area (Å²) in [7, 11) is 0. The van der Waals surface area contributed by atoms with Crippen LogP contribution in [0.2, 0.25) is 0 Å². The van der Waals surface area contributed by atoms with Gasteiger partial charge in [-0.25, -0.2) is 4.68 Å². The van der Waals surface area contributed by atoms with Gasteiger partial charge in [0.2, 0.25) is 5.16 Å². The Kier molecular flexibility index (Phi) is 4.86. The molecule has 0 spiro atoms. The van der Waals surface area contributed by atoms with Gasteiger partial charge >= 0.3 is 6.18 Å². The summed E-state index contributed by atoms with van der Waals surface area (Å²) in [6.07, 6.45) is -2.15. The molecule has 0 N–H and O–H groups in total. The maximum absolute atomic E-state index is 12.5. The quantitative estimate of drug-likeness (QED) is 0.780. The van der Waals surface area contributed by atoms with Gasteiger partial charge in [-0.2, -0.15) is 13.2 Å². The number of rotatable bonds is 5. The minimum atomic E-state index is -4.31. The molecule has 2 aromatic rings. The summed E-state index contributed by atoms with van der Waals surface area (Å²) in [5.74, 6) is 0.504. The van der Waals surface area contributed by atoms with E-state index in [2.05, 4.69) is 15.5 Å². The number of ether oxygens (including phenoxy) is 1. The van der Waals surface area contributed by atoms with Gasteiger partial charge in [0, 0.05) is 12.4 Å². The van der Waals surface area contributed by atoms with Crippen LogP contribution in [-0.2, 0) is 23.2 Å². The third kappa shape index (κ3) is 4.23. The van der Waals surface area contributed by atoms with Crippen molar-refractivity contribution in [1.82, 2.24) is 20.2 Å². The van der Waals surface area contributed by atoms with Gasteiger partial charge in [0.15, 0.2) is 0 Å². The third-order valence-electron chi connectivity index (χ3n) is 3.55. The molecule has 1 aliphatic rings. The molecule has 1 fully saturated rings. The second-order valence-electron chi connectivity index (χ2n) is 5.26. The first-order valence-corrected chi connectivity index (χ1v) is 8.17. The zero-order chi connectivity index (χ0) is 16.3. The van der Waals surface area contributed by atoms with Crippen LogP contribution >= 0.6 is 11.8 Å². The Morgan fingerprint density at radius 3 is 2.70 bits per heavy atom. The summed E-state index contributed by atoms with van der Waals surface area (Å²) in [4.78, 5) is 0. The zero-order valence-electron chi connectivity index (χ0n) is 12.2. The molecule has 5 nitrogen and oxygen atoms in total. The lowest BCUT2D eigenvalue weighted by molar-refractivity contribution is -0.137. The molecule has 3 rings (SSSR count). The molecule has 2 heterocycles. The van der Waals surface area contributed by atoms with Crippen molar-refractivity contribution in [2.75, 3.05) is 6.61 Å². The lowest BCUT2D eigenvalue weighted by Gasteiger charge is -2.10. The van der Waals surface area contributed by atoms with Gasteiger partial charge in [-0.3, -0.25) is 0 Å². The molecule has 0 bridgehead atoms. The number of hydrogen-bond acceptors (Lipinski definition) is 5. The number of benzene rings is 1. The van der Waals surface area contributed by atoms with Crippen LogP contribution in [0.5, 0.6) is 0 Å². The monoisotopic (exact) mass is 344 g/mol. The maximum Gasteiger partial charge on any atom is 0.416 e.